The van der Waals surface area contributed by atoms with Gasteiger partial charge in [0.05, 0.1) is 12.6 Å². The lowest BCUT2D eigenvalue weighted by Gasteiger charge is -2.34. The van der Waals surface area contributed by atoms with Crippen LogP contribution in [0.3, 0.4) is 0 Å². The second-order valence-electron chi connectivity index (χ2n) is 8.24. The Kier molecular flexibility index (Phi) is 4.41. The van der Waals surface area contributed by atoms with E-state index in [4.69, 9.17) is 0 Å². The first-order valence-electron chi connectivity index (χ1n) is 9.98. The Balaban J connectivity index is 1.53. The molecule has 2 aliphatic carbocycles. The van der Waals surface area contributed by atoms with E-state index in [9.17, 15) is 14.0 Å². The molecule has 5 unspecified atom stereocenters. The number of hydrogen-bond donors (Lipinski definition) is 3. The van der Waals surface area contributed by atoms with Crippen LogP contribution in [0.5, 0.6) is 0 Å². The predicted molar refractivity (Wildman–Crippen MR) is 105 cm³/mol. The number of carbonyl (C=O) groups is 2. The molecule has 0 saturated heterocycles. The van der Waals surface area contributed by atoms with Gasteiger partial charge in [0.2, 0.25) is 11.9 Å². The van der Waals surface area contributed by atoms with E-state index in [1.54, 1.807) is 0 Å². The van der Waals surface area contributed by atoms with E-state index in [2.05, 4.69) is 25.9 Å². The highest BCUT2D eigenvalue weighted by atomic mass is 19.1. The molecule has 5 atom stereocenters. The SMILES string of the molecule is O=CC1C2CC3CNC(=O)Cc4cccc(c4)Nc4ncc(F)c(n4)NC1C3C2. The average Bonchev–Trinajstić information content (AvgIpc) is 3.26. The number of rotatable bonds is 1. The fourth-order valence-electron chi connectivity index (χ4n) is 5.24. The van der Waals surface area contributed by atoms with Crippen molar-refractivity contribution in [1.82, 2.24) is 15.3 Å². The average molecular weight is 395 g/mol. The third-order valence-electron chi connectivity index (χ3n) is 6.52. The summed E-state index contributed by atoms with van der Waals surface area (Å²) in [6.45, 7) is 0.569. The number of fused-ring (bicyclic) bond motifs is 5. The smallest absolute Gasteiger partial charge is 0.229 e. The fourth-order valence-corrected chi connectivity index (χ4v) is 5.24. The number of nitrogens with zero attached hydrogens (tertiary/aromatic N) is 2. The Hall–Kier alpha value is -3.03. The Morgan fingerprint density at radius 3 is 2.97 bits per heavy atom. The lowest BCUT2D eigenvalue weighted by Crippen LogP contribution is -2.43. The molecule has 2 aromatic rings. The standard InChI is InChI=1S/C21H22FN5O2/c22-17-9-24-21-25-14-3-1-2-11(4-14)5-18(29)23-8-13-6-12-7-15(13)19(16(12)10-28)26-20(17)27-21/h1-4,9-10,12-13,15-16,19H,5-8H2,(H,23,29)(H2,24,25,26,27). The maximum atomic E-state index is 14.4. The fraction of sp³-hybridized carbons (Fsp3) is 0.429. The van der Waals surface area contributed by atoms with Gasteiger partial charge in [-0.15, -0.1) is 0 Å². The summed E-state index contributed by atoms with van der Waals surface area (Å²) >= 11 is 0. The molecule has 7 nitrogen and oxygen atoms in total. The van der Waals surface area contributed by atoms with Crippen molar-refractivity contribution in [2.45, 2.75) is 25.3 Å². The molecule has 1 amide bonds. The van der Waals surface area contributed by atoms with Gasteiger partial charge in [-0.1, -0.05) is 12.1 Å². The van der Waals surface area contributed by atoms with Crippen LogP contribution in [0.4, 0.5) is 21.8 Å². The molecule has 2 saturated carbocycles. The van der Waals surface area contributed by atoms with Crippen molar-refractivity contribution in [2.75, 3.05) is 17.2 Å². The molecule has 6 bridgehead atoms. The van der Waals surface area contributed by atoms with Crippen molar-refractivity contribution in [3.63, 3.8) is 0 Å². The third-order valence-corrected chi connectivity index (χ3v) is 6.52. The third kappa shape index (κ3) is 3.32. The molecule has 150 valence electrons. The van der Waals surface area contributed by atoms with Crippen LogP contribution in [-0.2, 0) is 16.0 Å². The van der Waals surface area contributed by atoms with Crippen LogP contribution in [-0.4, -0.2) is 34.7 Å². The zero-order chi connectivity index (χ0) is 20.0. The van der Waals surface area contributed by atoms with E-state index in [1.165, 1.54) is 0 Å². The molecule has 2 fully saturated rings. The van der Waals surface area contributed by atoms with Gasteiger partial charge >= 0.3 is 0 Å². The topological polar surface area (TPSA) is 96.0 Å². The highest BCUT2D eigenvalue weighted by Crippen LogP contribution is 2.52. The highest BCUT2D eigenvalue weighted by molar-refractivity contribution is 5.79. The molecule has 8 heteroatoms. The van der Waals surface area contributed by atoms with Crippen LogP contribution < -0.4 is 16.0 Å². The number of hydrogen-bond acceptors (Lipinski definition) is 6. The number of anilines is 3. The molecule has 3 aliphatic rings. The van der Waals surface area contributed by atoms with Crippen molar-refractivity contribution in [3.8, 4) is 0 Å². The van der Waals surface area contributed by atoms with Gasteiger partial charge in [-0.25, -0.2) is 9.37 Å². The van der Waals surface area contributed by atoms with E-state index < -0.39 is 5.82 Å². The second-order valence-corrected chi connectivity index (χ2v) is 8.24. The van der Waals surface area contributed by atoms with Crippen LogP contribution in [0.15, 0.2) is 30.5 Å². The molecule has 1 aliphatic heterocycles. The lowest BCUT2D eigenvalue weighted by molar-refractivity contribution is -0.121. The minimum absolute atomic E-state index is 0.0286. The van der Waals surface area contributed by atoms with Crippen molar-refractivity contribution in [1.29, 1.82) is 0 Å². The van der Waals surface area contributed by atoms with Gasteiger partial charge in [0.25, 0.3) is 0 Å². The molecule has 2 heterocycles. The van der Waals surface area contributed by atoms with Crippen molar-refractivity contribution >= 4 is 29.6 Å². The minimum Gasteiger partial charge on any atom is -0.364 e. The van der Waals surface area contributed by atoms with Crippen LogP contribution in [0.2, 0.25) is 0 Å². The van der Waals surface area contributed by atoms with Gasteiger partial charge in [0.1, 0.15) is 6.29 Å². The summed E-state index contributed by atoms with van der Waals surface area (Å²) in [4.78, 5) is 32.5. The normalized spacial score (nSPS) is 30.4. The quantitative estimate of drug-likeness (QED) is 0.641. The number of benzene rings is 1. The van der Waals surface area contributed by atoms with Gasteiger partial charge < -0.3 is 20.7 Å². The van der Waals surface area contributed by atoms with Gasteiger partial charge in [-0.05, 0) is 48.3 Å². The van der Waals surface area contributed by atoms with E-state index in [0.29, 0.717) is 6.54 Å². The number of halogens is 1. The summed E-state index contributed by atoms with van der Waals surface area (Å²) in [6, 6.07) is 7.24. The summed E-state index contributed by atoms with van der Waals surface area (Å²) < 4.78 is 14.4. The summed E-state index contributed by atoms with van der Waals surface area (Å²) in [7, 11) is 0. The molecule has 1 aromatic carbocycles. The molecular formula is C21H22FN5O2. The van der Waals surface area contributed by atoms with Crippen molar-refractivity contribution in [2.24, 2.45) is 23.7 Å². The van der Waals surface area contributed by atoms with Crippen molar-refractivity contribution < 1.29 is 14.0 Å². The molecule has 5 rings (SSSR count). The summed E-state index contributed by atoms with van der Waals surface area (Å²) in [5, 5.41) is 9.30. The number of aromatic nitrogens is 2. The van der Waals surface area contributed by atoms with Crippen LogP contribution in [0.25, 0.3) is 0 Å². The Labute approximate surface area is 167 Å². The second kappa shape index (κ2) is 7.09. The summed E-state index contributed by atoms with van der Waals surface area (Å²) in [5.41, 5.74) is 1.59. The first-order chi connectivity index (χ1) is 14.1. The first kappa shape index (κ1) is 18.0. The highest BCUT2D eigenvalue weighted by Gasteiger charge is 2.52. The van der Waals surface area contributed by atoms with Crippen molar-refractivity contribution in [3.05, 3.63) is 41.8 Å². The van der Waals surface area contributed by atoms with Gasteiger partial charge in [-0.2, -0.15) is 4.98 Å². The summed E-state index contributed by atoms with van der Waals surface area (Å²) in [5.74, 6) is 0.302. The number of nitrogens with one attached hydrogen (secondary N) is 3. The predicted octanol–water partition coefficient (Wildman–Crippen LogP) is 2.28. The lowest BCUT2D eigenvalue weighted by atomic mass is 9.78. The largest absolute Gasteiger partial charge is 0.364 e. The zero-order valence-electron chi connectivity index (χ0n) is 15.8. The van der Waals surface area contributed by atoms with Crippen LogP contribution in [0, 0.1) is 29.5 Å². The van der Waals surface area contributed by atoms with Crippen LogP contribution in [0.1, 0.15) is 18.4 Å². The molecule has 0 radical (unpaired) electrons. The maximum absolute atomic E-state index is 14.4. The molecule has 0 spiro atoms. The number of aldehydes is 1. The first-order valence-corrected chi connectivity index (χ1v) is 9.98. The molecule has 1 aromatic heterocycles. The van der Waals surface area contributed by atoms with E-state index in [1.807, 2.05) is 24.3 Å². The van der Waals surface area contributed by atoms with E-state index in [-0.39, 0.29) is 53.8 Å². The van der Waals surface area contributed by atoms with E-state index >= 15 is 0 Å². The molecular weight excluding hydrogens is 373 g/mol. The number of amides is 1. The van der Waals surface area contributed by atoms with E-state index in [0.717, 1.165) is 36.6 Å². The monoisotopic (exact) mass is 395 g/mol. The Morgan fingerprint density at radius 1 is 1.21 bits per heavy atom. The summed E-state index contributed by atoms with van der Waals surface area (Å²) in [6.07, 6.45) is 4.20. The number of carbonyl (C=O) groups excluding carboxylic acids is 2. The van der Waals surface area contributed by atoms with Crippen LogP contribution >= 0.6 is 0 Å². The Morgan fingerprint density at radius 2 is 2.10 bits per heavy atom. The van der Waals surface area contributed by atoms with Gasteiger partial charge in [0.15, 0.2) is 11.6 Å². The molecule has 3 N–H and O–H groups in total. The minimum atomic E-state index is -0.550. The molecule has 29 heavy (non-hydrogen) atoms. The maximum Gasteiger partial charge on any atom is 0.229 e. The van der Waals surface area contributed by atoms with Gasteiger partial charge in [-0.3, -0.25) is 4.79 Å². The van der Waals surface area contributed by atoms with Gasteiger partial charge in [0, 0.05) is 24.2 Å². The zero-order valence-corrected chi connectivity index (χ0v) is 15.8. The Bertz CT molecular complexity index is 968.